The first-order valence-electron chi connectivity index (χ1n) is 25.3. The Bertz CT molecular complexity index is 1040. The fraction of sp³-hybridized carbons (Fsp3) is 0.880. The number of carbonyl (C=O) groups excluding carboxylic acids is 2. The Labute approximate surface area is 370 Å². The van der Waals surface area contributed by atoms with Gasteiger partial charge in [-0.05, 0) is 64.2 Å². The summed E-state index contributed by atoms with van der Waals surface area (Å²) in [6, 6.07) is 0. The number of ether oxygens (including phenoxy) is 1. The predicted octanol–water partition coefficient (Wildman–Crippen LogP) is 14.7. The Morgan fingerprint density at radius 2 is 0.850 bits per heavy atom. The van der Waals surface area contributed by atoms with Gasteiger partial charge in [-0.1, -0.05) is 199 Å². The minimum Gasteiger partial charge on any atom is -0.463 e. The van der Waals surface area contributed by atoms with Crippen LogP contribution in [0.25, 0.3) is 0 Å². The van der Waals surface area contributed by atoms with Crippen molar-refractivity contribution in [3.63, 3.8) is 0 Å². The number of phosphoric acid groups is 1. The van der Waals surface area contributed by atoms with Crippen LogP contribution in [0.4, 0.5) is 0 Å². The Hall–Kier alpha value is -1.51. The van der Waals surface area contributed by atoms with Crippen molar-refractivity contribution in [3.8, 4) is 0 Å². The fourth-order valence-electron chi connectivity index (χ4n) is 7.25. The van der Waals surface area contributed by atoms with E-state index in [1.165, 1.54) is 167 Å². The molecular weight excluding hydrogens is 774 g/mol. The summed E-state index contributed by atoms with van der Waals surface area (Å²) < 4.78 is 27.0. The molecule has 1 amide bonds. The minimum atomic E-state index is -4.42. The van der Waals surface area contributed by atoms with Crippen LogP contribution in [0, 0.1) is 0 Å². The number of phosphoric ester groups is 1. The summed E-state index contributed by atoms with van der Waals surface area (Å²) in [6.07, 6.45) is 52.6. The maximum atomic E-state index is 12.1. The van der Waals surface area contributed by atoms with Gasteiger partial charge in [0.05, 0.1) is 13.2 Å². The van der Waals surface area contributed by atoms with Crippen molar-refractivity contribution < 1.29 is 37.9 Å². The standard InChI is InChI=1S/C50H96NO8P/c1-3-5-7-9-11-13-15-17-19-21-22-23-24-25-26-27-28-30-32-34-36-38-40-42-49(53)51-44-45-58-60(55,56)59-47-48(52)46-57-50(54)43-41-39-37-35-33-31-29-20-18-16-14-12-10-8-6-4-2/h17,19-20,29,48,52H,3-16,18,21-28,30-47H2,1-2H3,(H,51,53)(H,55,56)/b19-17+,29-20-. The number of aliphatic hydroxyl groups excluding tert-OH is 1. The molecule has 0 aromatic heterocycles. The molecule has 0 bridgehead atoms. The first-order chi connectivity index (χ1) is 29.3. The molecule has 0 aromatic rings. The summed E-state index contributed by atoms with van der Waals surface area (Å²) in [5, 5.41) is 12.7. The average molecular weight is 870 g/mol. The second-order valence-corrected chi connectivity index (χ2v) is 18.6. The number of unbranched alkanes of at least 4 members (excludes halogenated alkanes) is 31. The maximum absolute atomic E-state index is 12.1. The second kappa shape index (κ2) is 47.0. The molecule has 9 nitrogen and oxygen atoms in total. The van der Waals surface area contributed by atoms with Crippen molar-refractivity contribution in [3.05, 3.63) is 24.3 Å². The van der Waals surface area contributed by atoms with Crippen LogP contribution in [0.5, 0.6) is 0 Å². The molecular formula is C50H96NO8P. The summed E-state index contributed by atoms with van der Waals surface area (Å²) in [4.78, 5) is 34.0. The molecule has 0 radical (unpaired) electrons. The zero-order valence-electron chi connectivity index (χ0n) is 39.2. The Kier molecular flexibility index (Phi) is 45.8. The number of hydrogen-bond donors (Lipinski definition) is 3. The number of hydrogen-bond acceptors (Lipinski definition) is 7. The van der Waals surface area contributed by atoms with Gasteiger partial charge in [-0.2, -0.15) is 0 Å². The van der Waals surface area contributed by atoms with Crippen molar-refractivity contribution in [2.45, 2.75) is 258 Å². The zero-order valence-corrected chi connectivity index (χ0v) is 40.1. The van der Waals surface area contributed by atoms with Crippen LogP contribution < -0.4 is 5.32 Å². The zero-order chi connectivity index (χ0) is 43.9. The maximum Gasteiger partial charge on any atom is 0.472 e. The number of carbonyl (C=O) groups is 2. The van der Waals surface area contributed by atoms with Gasteiger partial charge in [-0.3, -0.25) is 18.6 Å². The molecule has 0 saturated carbocycles. The van der Waals surface area contributed by atoms with Gasteiger partial charge in [0.15, 0.2) is 0 Å². The van der Waals surface area contributed by atoms with E-state index in [1.807, 2.05) is 0 Å². The highest BCUT2D eigenvalue weighted by Crippen LogP contribution is 2.42. The van der Waals surface area contributed by atoms with Crippen LogP contribution in [0.1, 0.15) is 251 Å². The minimum absolute atomic E-state index is 0.0833. The van der Waals surface area contributed by atoms with Crippen LogP contribution in [-0.2, 0) is 27.9 Å². The molecule has 0 aliphatic heterocycles. The highest BCUT2D eigenvalue weighted by molar-refractivity contribution is 7.47. The fourth-order valence-corrected chi connectivity index (χ4v) is 8.01. The number of allylic oxidation sites excluding steroid dienone is 4. The van der Waals surface area contributed by atoms with Gasteiger partial charge < -0.3 is 20.1 Å². The topological polar surface area (TPSA) is 131 Å². The van der Waals surface area contributed by atoms with Crippen LogP contribution >= 0.6 is 7.82 Å². The highest BCUT2D eigenvalue weighted by atomic mass is 31.2. The van der Waals surface area contributed by atoms with Crippen LogP contribution in [0.15, 0.2) is 24.3 Å². The first kappa shape index (κ1) is 58.5. The third-order valence-electron chi connectivity index (χ3n) is 11.1. The second-order valence-electron chi connectivity index (χ2n) is 17.1. The van der Waals surface area contributed by atoms with E-state index in [2.05, 4.69) is 43.5 Å². The molecule has 0 saturated heterocycles. The number of esters is 1. The van der Waals surface area contributed by atoms with Crippen LogP contribution in [0.3, 0.4) is 0 Å². The largest absolute Gasteiger partial charge is 0.472 e. The lowest BCUT2D eigenvalue weighted by Crippen LogP contribution is -2.27. The Morgan fingerprint density at radius 1 is 0.500 bits per heavy atom. The lowest BCUT2D eigenvalue weighted by atomic mass is 10.0. The molecule has 3 N–H and O–H groups in total. The lowest BCUT2D eigenvalue weighted by molar-refractivity contribution is -0.147. The Morgan fingerprint density at radius 3 is 1.25 bits per heavy atom. The van der Waals surface area contributed by atoms with Crippen LogP contribution in [0.2, 0.25) is 0 Å². The van der Waals surface area contributed by atoms with Gasteiger partial charge in [0.1, 0.15) is 12.7 Å². The number of nitrogens with one attached hydrogen (secondary N) is 1. The SMILES string of the molecule is CCCCCCCC/C=C/CCCCCCCCCCCCCCCC(=O)NCCOP(=O)(O)OCC(O)COC(=O)CCCCCCC/C=C\CCCCCCCCC. The normalized spacial score (nSPS) is 13.3. The molecule has 0 fully saturated rings. The van der Waals surface area contributed by atoms with E-state index in [1.54, 1.807) is 0 Å². The van der Waals surface area contributed by atoms with Gasteiger partial charge in [-0.25, -0.2) is 4.57 Å². The monoisotopic (exact) mass is 870 g/mol. The highest BCUT2D eigenvalue weighted by Gasteiger charge is 2.23. The lowest BCUT2D eigenvalue weighted by Gasteiger charge is -2.15. The van der Waals surface area contributed by atoms with Crippen molar-refractivity contribution in [1.82, 2.24) is 5.32 Å². The van der Waals surface area contributed by atoms with E-state index in [4.69, 9.17) is 13.8 Å². The third-order valence-corrected chi connectivity index (χ3v) is 12.1. The molecule has 0 aliphatic rings. The average Bonchev–Trinajstić information content (AvgIpc) is 3.23. The van der Waals surface area contributed by atoms with Crippen molar-refractivity contribution in [1.29, 1.82) is 0 Å². The van der Waals surface area contributed by atoms with E-state index in [9.17, 15) is 24.2 Å². The summed E-state index contributed by atoms with van der Waals surface area (Å²) in [5.41, 5.74) is 0. The molecule has 0 aromatic carbocycles. The summed E-state index contributed by atoms with van der Waals surface area (Å²) >= 11 is 0. The van der Waals surface area contributed by atoms with Gasteiger partial charge in [0.25, 0.3) is 0 Å². The number of aliphatic hydroxyl groups is 1. The molecule has 2 unspecified atom stereocenters. The molecule has 60 heavy (non-hydrogen) atoms. The predicted molar refractivity (Wildman–Crippen MR) is 252 cm³/mol. The quantitative estimate of drug-likeness (QED) is 0.0238. The third kappa shape index (κ3) is 47.5. The molecule has 354 valence electrons. The molecule has 0 rings (SSSR count). The smallest absolute Gasteiger partial charge is 0.463 e. The molecule has 10 heteroatoms. The summed E-state index contributed by atoms with van der Waals surface area (Å²) in [7, 11) is -4.42. The van der Waals surface area contributed by atoms with E-state index in [0.717, 1.165) is 57.8 Å². The van der Waals surface area contributed by atoms with Gasteiger partial charge in [0, 0.05) is 19.4 Å². The molecule has 0 heterocycles. The molecule has 0 spiro atoms. The van der Waals surface area contributed by atoms with E-state index in [0.29, 0.717) is 6.42 Å². The number of amides is 1. The van der Waals surface area contributed by atoms with Crippen molar-refractivity contribution >= 4 is 19.7 Å². The summed E-state index contributed by atoms with van der Waals surface area (Å²) in [5.74, 6) is -0.516. The summed E-state index contributed by atoms with van der Waals surface area (Å²) in [6.45, 7) is 3.58. The van der Waals surface area contributed by atoms with E-state index < -0.39 is 26.5 Å². The first-order valence-corrected chi connectivity index (χ1v) is 26.8. The van der Waals surface area contributed by atoms with Crippen molar-refractivity contribution in [2.24, 2.45) is 0 Å². The van der Waals surface area contributed by atoms with E-state index in [-0.39, 0.29) is 32.1 Å². The molecule has 0 aliphatic carbocycles. The van der Waals surface area contributed by atoms with Gasteiger partial charge >= 0.3 is 13.8 Å². The van der Waals surface area contributed by atoms with Crippen molar-refractivity contribution in [2.75, 3.05) is 26.4 Å². The number of rotatable bonds is 48. The van der Waals surface area contributed by atoms with E-state index >= 15 is 0 Å². The van der Waals surface area contributed by atoms with Crippen LogP contribution in [-0.4, -0.2) is 54.3 Å². The Balaban J connectivity index is 3.53. The van der Waals surface area contributed by atoms with Gasteiger partial charge in [-0.15, -0.1) is 0 Å². The van der Waals surface area contributed by atoms with Gasteiger partial charge in [0.2, 0.25) is 5.91 Å². The molecule has 2 atom stereocenters.